The lowest BCUT2D eigenvalue weighted by molar-refractivity contribution is 0.207. The molecule has 0 aliphatic heterocycles. The van der Waals surface area contributed by atoms with Crippen molar-refractivity contribution in [2.45, 2.75) is 46.1 Å². The zero-order valence-corrected chi connectivity index (χ0v) is 20.3. The van der Waals surface area contributed by atoms with Crippen LogP contribution in [0.2, 0.25) is 5.02 Å². The van der Waals surface area contributed by atoms with Gasteiger partial charge in [-0.2, -0.15) is 9.78 Å². The summed E-state index contributed by atoms with van der Waals surface area (Å²) in [5.74, 6) is 1.64. The predicted octanol–water partition coefficient (Wildman–Crippen LogP) is 5.83. The van der Waals surface area contributed by atoms with E-state index >= 15 is 0 Å². The minimum Gasteiger partial charge on any atom is -0.493 e. The third kappa shape index (κ3) is 5.28. The van der Waals surface area contributed by atoms with Gasteiger partial charge in [0, 0.05) is 27.5 Å². The number of methoxy groups -OCH3 is 1. The van der Waals surface area contributed by atoms with Crippen LogP contribution in [0, 0.1) is 0 Å². The van der Waals surface area contributed by atoms with Crippen molar-refractivity contribution < 1.29 is 9.47 Å². The molecule has 8 heteroatoms. The van der Waals surface area contributed by atoms with Crippen molar-refractivity contribution in [2.24, 2.45) is 5.10 Å². The van der Waals surface area contributed by atoms with Crippen LogP contribution in [0.3, 0.4) is 0 Å². The Kier molecular flexibility index (Phi) is 7.73. The molecule has 0 amide bonds. The zero-order valence-electron chi connectivity index (χ0n) is 18.0. The molecule has 3 rings (SSSR count). The number of benzene rings is 2. The number of ether oxygens (including phenoxy) is 2. The maximum atomic E-state index is 13.2. The predicted molar refractivity (Wildman–Crippen MR) is 129 cm³/mol. The quantitative estimate of drug-likeness (QED) is 0.360. The van der Waals surface area contributed by atoms with E-state index in [1.165, 1.54) is 4.68 Å². The molecule has 2 aromatic carbocycles. The van der Waals surface area contributed by atoms with Gasteiger partial charge in [-0.3, -0.25) is 4.79 Å². The summed E-state index contributed by atoms with van der Waals surface area (Å²) >= 11 is 9.70. The summed E-state index contributed by atoms with van der Waals surface area (Å²) in [6, 6.07) is 8.89. The molecule has 0 unspecified atom stereocenters. The molecular formula is C23H25BrClN3O3. The van der Waals surface area contributed by atoms with E-state index in [4.69, 9.17) is 21.1 Å². The molecule has 1 aromatic heterocycles. The van der Waals surface area contributed by atoms with E-state index in [9.17, 15) is 4.79 Å². The summed E-state index contributed by atoms with van der Waals surface area (Å²) < 4.78 is 13.7. The third-order valence-corrected chi connectivity index (χ3v) is 5.53. The van der Waals surface area contributed by atoms with Gasteiger partial charge in [0.25, 0.3) is 5.56 Å². The first-order valence-corrected chi connectivity index (χ1v) is 11.3. The van der Waals surface area contributed by atoms with Crippen LogP contribution < -0.4 is 15.0 Å². The highest BCUT2D eigenvalue weighted by Crippen LogP contribution is 2.35. The number of fused-ring (bicyclic) bond motifs is 1. The average Bonchev–Trinajstić information content (AvgIpc) is 2.75. The fraction of sp³-hybridized carbons (Fsp3) is 0.348. The molecule has 1 atom stereocenters. The molecule has 31 heavy (non-hydrogen) atoms. The number of rotatable bonds is 8. The molecule has 0 spiro atoms. The monoisotopic (exact) mass is 505 g/mol. The van der Waals surface area contributed by atoms with Gasteiger partial charge < -0.3 is 9.47 Å². The van der Waals surface area contributed by atoms with E-state index in [-0.39, 0.29) is 11.7 Å². The van der Waals surface area contributed by atoms with Gasteiger partial charge >= 0.3 is 0 Å². The van der Waals surface area contributed by atoms with Crippen molar-refractivity contribution in [3.8, 4) is 11.5 Å². The highest BCUT2D eigenvalue weighted by atomic mass is 79.9. The highest BCUT2D eigenvalue weighted by Gasteiger charge is 2.15. The SMILES string of the molecule is CCCc1nc2ccc(Br)cc2c(=O)n1N=Cc1cc(Cl)cc(OC)c1O[C@@H](C)CC. The molecule has 0 bridgehead atoms. The van der Waals surface area contributed by atoms with Gasteiger partial charge in [0.15, 0.2) is 11.5 Å². The molecular weight excluding hydrogens is 482 g/mol. The van der Waals surface area contributed by atoms with Crippen molar-refractivity contribution in [1.29, 1.82) is 0 Å². The van der Waals surface area contributed by atoms with Gasteiger partial charge in [-0.15, -0.1) is 0 Å². The number of aromatic nitrogens is 2. The first kappa shape index (κ1) is 23.3. The molecule has 3 aromatic rings. The summed E-state index contributed by atoms with van der Waals surface area (Å²) in [5.41, 5.74) is 1.03. The van der Waals surface area contributed by atoms with Crippen LogP contribution in [0.4, 0.5) is 0 Å². The smallest absolute Gasteiger partial charge is 0.282 e. The molecule has 0 aliphatic rings. The van der Waals surface area contributed by atoms with Gasteiger partial charge in [-0.25, -0.2) is 4.98 Å². The van der Waals surface area contributed by atoms with E-state index < -0.39 is 0 Å². The maximum Gasteiger partial charge on any atom is 0.282 e. The minimum absolute atomic E-state index is 0.0275. The largest absolute Gasteiger partial charge is 0.493 e. The van der Waals surface area contributed by atoms with Crippen molar-refractivity contribution in [3.05, 3.63) is 61.6 Å². The molecule has 0 N–H and O–H groups in total. The normalized spacial score (nSPS) is 12.5. The van der Waals surface area contributed by atoms with Crippen LogP contribution in [0.25, 0.3) is 10.9 Å². The van der Waals surface area contributed by atoms with Crippen LogP contribution in [-0.2, 0) is 6.42 Å². The second kappa shape index (κ2) is 10.3. The molecule has 0 radical (unpaired) electrons. The van der Waals surface area contributed by atoms with Gasteiger partial charge in [0.2, 0.25) is 0 Å². The molecule has 0 aliphatic carbocycles. The van der Waals surface area contributed by atoms with Crippen molar-refractivity contribution in [1.82, 2.24) is 9.66 Å². The Bertz CT molecular complexity index is 1180. The van der Waals surface area contributed by atoms with Crippen molar-refractivity contribution in [2.75, 3.05) is 7.11 Å². The Labute approximate surface area is 195 Å². The van der Waals surface area contributed by atoms with Crippen LogP contribution >= 0.6 is 27.5 Å². The maximum absolute atomic E-state index is 13.2. The van der Waals surface area contributed by atoms with E-state index in [0.29, 0.717) is 45.2 Å². The second-order valence-electron chi connectivity index (χ2n) is 7.16. The number of aryl methyl sites for hydroxylation is 1. The first-order valence-electron chi connectivity index (χ1n) is 10.2. The number of halogens is 2. The molecule has 0 fully saturated rings. The fourth-order valence-corrected chi connectivity index (χ4v) is 3.64. The fourth-order valence-electron chi connectivity index (χ4n) is 3.07. The lowest BCUT2D eigenvalue weighted by atomic mass is 10.2. The number of hydrogen-bond acceptors (Lipinski definition) is 5. The van der Waals surface area contributed by atoms with Crippen LogP contribution in [0.15, 0.2) is 44.7 Å². The second-order valence-corrected chi connectivity index (χ2v) is 8.52. The molecule has 0 saturated heterocycles. The Morgan fingerprint density at radius 3 is 2.74 bits per heavy atom. The Morgan fingerprint density at radius 2 is 2.06 bits per heavy atom. The van der Waals surface area contributed by atoms with Crippen LogP contribution in [0.1, 0.15) is 45.0 Å². The summed E-state index contributed by atoms with van der Waals surface area (Å²) in [6.45, 7) is 6.05. The van der Waals surface area contributed by atoms with Gasteiger partial charge in [0.1, 0.15) is 5.82 Å². The Balaban J connectivity index is 2.17. The Hall–Kier alpha value is -2.38. The molecule has 6 nitrogen and oxygen atoms in total. The summed E-state index contributed by atoms with van der Waals surface area (Å²) in [6.07, 6.45) is 3.81. The molecule has 0 saturated carbocycles. The zero-order chi connectivity index (χ0) is 22.5. The third-order valence-electron chi connectivity index (χ3n) is 4.82. The van der Waals surface area contributed by atoms with E-state index in [2.05, 4.69) is 26.0 Å². The van der Waals surface area contributed by atoms with E-state index in [0.717, 1.165) is 17.3 Å². The van der Waals surface area contributed by atoms with Gasteiger partial charge in [-0.1, -0.05) is 41.4 Å². The number of nitrogens with zero attached hydrogens (tertiary/aromatic N) is 3. The van der Waals surface area contributed by atoms with E-state index in [1.807, 2.05) is 32.9 Å². The topological polar surface area (TPSA) is 65.7 Å². The first-order chi connectivity index (χ1) is 14.9. The highest BCUT2D eigenvalue weighted by molar-refractivity contribution is 9.10. The van der Waals surface area contributed by atoms with Gasteiger partial charge in [-0.05, 0) is 44.0 Å². The number of hydrogen-bond donors (Lipinski definition) is 0. The van der Waals surface area contributed by atoms with Crippen LogP contribution in [0.5, 0.6) is 11.5 Å². The summed E-state index contributed by atoms with van der Waals surface area (Å²) in [5, 5.41) is 5.47. The van der Waals surface area contributed by atoms with Crippen LogP contribution in [-0.4, -0.2) is 29.1 Å². The average molecular weight is 507 g/mol. The lowest BCUT2D eigenvalue weighted by Crippen LogP contribution is -2.22. The van der Waals surface area contributed by atoms with E-state index in [1.54, 1.807) is 31.5 Å². The lowest BCUT2D eigenvalue weighted by Gasteiger charge is -2.18. The Morgan fingerprint density at radius 1 is 1.29 bits per heavy atom. The van der Waals surface area contributed by atoms with Crippen molar-refractivity contribution in [3.63, 3.8) is 0 Å². The molecule has 164 valence electrons. The van der Waals surface area contributed by atoms with Crippen molar-refractivity contribution >= 4 is 44.6 Å². The van der Waals surface area contributed by atoms with Gasteiger partial charge in [0.05, 0.1) is 30.3 Å². The summed E-state index contributed by atoms with van der Waals surface area (Å²) in [7, 11) is 1.56. The minimum atomic E-state index is -0.232. The molecule has 1 heterocycles. The summed E-state index contributed by atoms with van der Waals surface area (Å²) in [4.78, 5) is 17.9. The standard InChI is InChI=1S/C23H25BrClN3O3/c1-5-7-21-27-19-9-8-16(24)11-18(19)23(29)28(21)26-13-15-10-17(25)12-20(30-4)22(15)31-14(3)6-2/h8-14H,5-7H2,1-4H3/t14-/m0/s1.